The zero-order valence-electron chi connectivity index (χ0n) is 10.8. The molecule has 0 amide bonds. The van der Waals surface area contributed by atoms with Crippen molar-refractivity contribution in [2.45, 2.75) is 19.9 Å². The van der Waals surface area contributed by atoms with Crippen LogP contribution in [0.2, 0.25) is 0 Å². The summed E-state index contributed by atoms with van der Waals surface area (Å²) in [5, 5.41) is 0. The first-order chi connectivity index (χ1) is 8.09. The summed E-state index contributed by atoms with van der Waals surface area (Å²) in [4.78, 5) is 6.73. The maximum Gasteiger partial charge on any atom is 0.112 e. The lowest BCUT2D eigenvalue weighted by Gasteiger charge is -2.11. The van der Waals surface area contributed by atoms with Gasteiger partial charge in [0.1, 0.15) is 11.3 Å². The Hall–Kier alpha value is -1.55. The summed E-state index contributed by atoms with van der Waals surface area (Å²) in [6.07, 6.45) is 1.12. The van der Waals surface area contributed by atoms with Crippen molar-refractivity contribution in [2.24, 2.45) is 0 Å². The molecule has 0 saturated carbocycles. The second kappa shape index (κ2) is 4.75. The Balaban J connectivity index is 2.27. The lowest BCUT2D eigenvalue weighted by Crippen LogP contribution is -2.15. The highest BCUT2D eigenvalue weighted by molar-refractivity contribution is 5.87. The Morgan fingerprint density at radius 3 is 2.82 bits per heavy atom. The topological polar surface area (TPSA) is 47.1 Å². The largest absolute Gasteiger partial charge is 0.397 e. The number of rotatable bonds is 4. The Morgan fingerprint density at radius 1 is 1.35 bits per heavy atom. The number of fused-ring (bicyclic) bond motifs is 1. The minimum absolute atomic E-state index is 0.761. The van der Waals surface area contributed by atoms with E-state index in [1.165, 1.54) is 0 Å². The van der Waals surface area contributed by atoms with Gasteiger partial charge in [0, 0.05) is 6.54 Å². The van der Waals surface area contributed by atoms with Crippen molar-refractivity contribution in [3.63, 3.8) is 0 Å². The number of nitrogens with two attached hydrogens (primary N) is 1. The highest BCUT2D eigenvalue weighted by atomic mass is 15.1. The highest BCUT2D eigenvalue weighted by Gasteiger charge is 2.08. The first-order valence-electron chi connectivity index (χ1n) is 5.95. The van der Waals surface area contributed by atoms with E-state index < -0.39 is 0 Å². The van der Waals surface area contributed by atoms with Crippen LogP contribution in [0.1, 0.15) is 12.2 Å². The molecule has 1 aromatic heterocycles. The van der Waals surface area contributed by atoms with Crippen LogP contribution < -0.4 is 5.73 Å². The number of anilines is 1. The van der Waals surface area contributed by atoms with Crippen LogP contribution in [0.15, 0.2) is 18.2 Å². The molecule has 17 heavy (non-hydrogen) atoms. The molecule has 0 bridgehead atoms. The smallest absolute Gasteiger partial charge is 0.112 e. The van der Waals surface area contributed by atoms with Gasteiger partial charge in [-0.25, -0.2) is 4.98 Å². The maximum atomic E-state index is 5.93. The average Bonchev–Trinajstić information content (AvgIpc) is 2.57. The summed E-state index contributed by atoms with van der Waals surface area (Å²) in [7, 11) is 4.19. The van der Waals surface area contributed by atoms with E-state index in [0.717, 1.165) is 42.1 Å². The van der Waals surface area contributed by atoms with Crippen LogP contribution in [0.4, 0.5) is 5.69 Å². The molecular weight excluding hydrogens is 212 g/mol. The lowest BCUT2D eigenvalue weighted by atomic mass is 10.2. The van der Waals surface area contributed by atoms with Crippen LogP contribution in [0.5, 0.6) is 0 Å². The van der Waals surface area contributed by atoms with Gasteiger partial charge in [-0.1, -0.05) is 6.07 Å². The zero-order valence-corrected chi connectivity index (χ0v) is 10.8. The number of hydrogen-bond donors (Lipinski definition) is 1. The molecular formula is C13H20N4. The summed E-state index contributed by atoms with van der Waals surface area (Å²) in [6.45, 7) is 4.11. The second-order valence-corrected chi connectivity index (χ2v) is 4.68. The molecule has 4 heteroatoms. The van der Waals surface area contributed by atoms with E-state index in [0.29, 0.717) is 0 Å². The third kappa shape index (κ3) is 2.42. The third-order valence-electron chi connectivity index (χ3n) is 2.99. The lowest BCUT2D eigenvalue weighted by molar-refractivity contribution is 0.387. The van der Waals surface area contributed by atoms with E-state index in [1.807, 2.05) is 19.1 Å². The number of aromatic nitrogens is 2. The minimum atomic E-state index is 0.761. The van der Waals surface area contributed by atoms with E-state index in [-0.39, 0.29) is 0 Å². The van der Waals surface area contributed by atoms with Crippen molar-refractivity contribution in [3.05, 3.63) is 24.0 Å². The zero-order chi connectivity index (χ0) is 12.4. The van der Waals surface area contributed by atoms with Gasteiger partial charge < -0.3 is 15.2 Å². The number of hydrogen-bond acceptors (Lipinski definition) is 3. The predicted molar refractivity (Wildman–Crippen MR) is 72.1 cm³/mol. The molecule has 0 spiro atoms. The molecule has 1 aromatic carbocycles. The maximum absolute atomic E-state index is 5.93. The standard InChI is InChI=1S/C13H20N4/c1-10-15-13-11(14)6-4-7-12(13)17(10)9-5-8-16(2)3/h4,6-7H,5,8-9,14H2,1-3H3. The number of imidazole rings is 1. The fourth-order valence-corrected chi connectivity index (χ4v) is 2.11. The van der Waals surface area contributed by atoms with Gasteiger partial charge in [0.05, 0.1) is 11.2 Å². The molecule has 0 aliphatic heterocycles. The van der Waals surface area contributed by atoms with Crippen molar-refractivity contribution >= 4 is 16.7 Å². The predicted octanol–water partition coefficient (Wildman–Crippen LogP) is 1.88. The van der Waals surface area contributed by atoms with E-state index >= 15 is 0 Å². The Labute approximate surface area is 102 Å². The van der Waals surface area contributed by atoms with Crippen LogP contribution in [-0.2, 0) is 6.54 Å². The van der Waals surface area contributed by atoms with Crippen LogP contribution in [0.25, 0.3) is 11.0 Å². The summed E-state index contributed by atoms with van der Waals surface area (Å²) >= 11 is 0. The summed E-state index contributed by atoms with van der Waals surface area (Å²) in [5.74, 6) is 1.04. The molecule has 0 saturated heterocycles. The summed E-state index contributed by atoms with van der Waals surface area (Å²) in [5.41, 5.74) is 8.76. The fraction of sp³-hybridized carbons (Fsp3) is 0.462. The molecule has 0 aliphatic carbocycles. The van der Waals surface area contributed by atoms with Crippen LogP contribution >= 0.6 is 0 Å². The molecule has 4 nitrogen and oxygen atoms in total. The van der Waals surface area contributed by atoms with Crippen LogP contribution in [0.3, 0.4) is 0 Å². The molecule has 2 aromatic rings. The first kappa shape index (κ1) is 11.9. The Bertz CT molecular complexity index is 513. The number of aryl methyl sites for hydroxylation is 2. The molecule has 1 heterocycles. The first-order valence-corrected chi connectivity index (χ1v) is 5.95. The highest BCUT2D eigenvalue weighted by Crippen LogP contribution is 2.21. The molecule has 0 radical (unpaired) electrons. The number of nitrogens with zero attached hydrogens (tertiary/aromatic N) is 3. The van der Waals surface area contributed by atoms with Crippen molar-refractivity contribution in [1.29, 1.82) is 0 Å². The Kier molecular flexibility index (Phi) is 3.33. The van der Waals surface area contributed by atoms with Gasteiger partial charge in [-0.2, -0.15) is 0 Å². The monoisotopic (exact) mass is 232 g/mol. The quantitative estimate of drug-likeness (QED) is 0.819. The van der Waals surface area contributed by atoms with Gasteiger partial charge in [-0.3, -0.25) is 0 Å². The second-order valence-electron chi connectivity index (χ2n) is 4.68. The minimum Gasteiger partial charge on any atom is -0.397 e. The molecule has 0 atom stereocenters. The third-order valence-corrected chi connectivity index (χ3v) is 2.99. The van der Waals surface area contributed by atoms with Crippen LogP contribution in [-0.4, -0.2) is 35.1 Å². The number of para-hydroxylation sites is 1. The molecule has 2 N–H and O–H groups in total. The van der Waals surface area contributed by atoms with Gasteiger partial charge in [-0.05, 0) is 46.1 Å². The molecule has 92 valence electrons. The van der Waals surface area contributed by atoms with Crippen molar-refractivity contribution < 1.29 is 0 Å². The van der Waals surface area contributed by atoms with Crippen molar-refractivity contribution in [2.75, 3.05) is 26.4 Å². The van der Waals surface area contributed by atoms with Gasteiger partial charge in [0.2, 0.25) is 0 Å². The SMILES string of the molecule is Cc1nc2c(N)cccc2n1CCCN(C)C. The van der Waals surface area contributed by atoms with Gasteiger partial charge in [-0.15, -0.1) is 0 Å². The van der Waals surface area contributed by atoms with Gasteiger partial charge in [0.15, 0.2) is 0 Å². The molecule has 0 unspecified atom stereocenters. The van der Waals surface area contributed by atoms with E-state index in [9.17, 15) is 0 Å². The summed E-state index contributed by atoms with van der Waals surface area (Å²) < 4.78 is 2.25. The van der Waals surface area contributed by atoms with Crippen molar-refractivity contribution in [1.82, 2.24) is 14.5 Å². The van der Waals surface area contributed by atoms with Crippen molar-refractivity contribution in [3.8, 4) is 0 Å². The normalized spacial score (nSPS) is 11.5. The average molecular weight is 232 g/mol. The molecule has 2 rings (SSSR count). The van der Waals surface area contributed by atoms with Crippen LogP contribution in [0, 0.1) is 6.92 Å². The summed E-state index contributed by atoms with van der Waals surface area (Å²) in [6, 6.07) is 5.97. The number of nitrogen functional groups attached to an aromatic ring is 1. The van der Waals surface area contributed by atoms with E-state index in [2.05, 4.69) is 34.6 Å². The van der Waals surface area contributed by atoms with Gasteiger partial charge >= 0.3 is 0 Å². The number of benzene rings is 1. The molecule has 0 fully saturated rings. The van der Waals surface area contributed by atoms with E-state index in [4.69, 9.17) is 5.73 Å². The van der Waals surface area contributed by atoms with E-state index in [1.54, 1.807) is 0 Å². The molecule has 0 aliphatic rings. The Morgan fingerprint density at radius 2 is 2.12 bits per heavy atom. The fourth-order valence-electron chi connectivity index (χ4n) is 2.11. The van der Waals surface area contributed by atoms with Gasteiger partial charge in [0.25, 0.3) is 0 Å².